The van der Waals surface area contributed by atoms with Gasteiger partial charge in [-0.3, -0.25) is 9.59 Å². The number of hydrogen-bond acceptors (Lipinski definition) is 2. The van der Waals surface area contributed by atoms with Crippen LogP contribution in [0.3, 0.4) is 0 Å². The maximum Gasteiger partial charge on any atom is 0.133 e. The van der Waals surface area contributed by atoms with Gasteiger partial charge in [0.25, 0.3) is 0 Å². The maximum atomic E-state index is 10.5. The molecule has 0 N–H and O–H groups in total. The van der Waals surface area contributed by atoms with Gasteiger partial charge in [0.15, 0.2) is 0 Å². The molecule has 1 fully saturated rings. The molecule has 1 aliphatic carbocycles. The number of carbonyl (C=O) groups is 2. The van der Waals surface area contributed by atoms with Gasteiger partial charge in [-0.1, -0.05) is 0 Å². The molecule has 0 bridgehead atoms. The molecule has 0 atom stereocenters. The summed E-state index contributed by atoms with van der Waals surface area (Å²) in [5.74, 6) is 0.481. The minimum atomic E-state index is 0. The lowest BCUT2D eigenvalue weighted by Crippen LogP contribution is -2.12. The normalized spacial score (nSPS) is 21.5. The standard InChI is InChI=1S/C6H8O2.H2/c7-5-1-2-6(8)4-3-5;/h1-4H2;1H. The fourth-order valence-corrected chi connectivity index (χ4v) is 0.808. The van der Waals surface area contributed by atoms with Crippen LogP contribution in [0.2, 0.25) is 0 Å². The summed E-state index contributed by atoms with van der Waals surface area (Å²) in [6.07, 6.45) is 1.94. The lowest BCUT2D eigenvalue weighted by Gasteiger charge is -2.04. The average molecular weight is 114 g/mol. The first-order chi connectivity index (χ1) is 3.79. The van der Waals surface area contributed by atoms with Crippen LogP contribution in [-0.4, -0.2) is 11.6 Å². The van der Waals surface area contributed by atoms with Gasteiger partial charge in [-0.15, -0.1) is 0 Å². The van der Waals surface area contributed by atoms with E-state index in [4.69, 9.17) is 0 Å². The zero-order valence-electron chi connectivity index (χ0n) is 4.64. The van der Waals surface area contributed by atoms with Crippen LogP contribution in [0.5, 0.6) is 0 Å². The van der Waals surface area contributed by atoms with Gasteiger partial charge in [0.1, 0.15) is 11.6 Å². The van der Waals surface area contributed by atoms with Crippen LogP contribution >= 0.6 is 0 Å². The molecule has 8 heavy (non-hydrogen) atoms. The lowest BCUT2D eigenvalue weighted by atomic mass is 9.98. The topological polar surface area (TPSA) is 34.1 Å². The van der Waals surface area contributed by atoms with E-state index >= 15 is 0 Å². The van der Waals surface area contributed by atoms with Crippen molar-refractivity contribution in [1.29, 1.82) is 0 Å². The summed E-state index contributed by atoms with van der Waals surface area (Å²) in [5, 5.41) is 0. The van der Waals surface area contributed by atoms with Crippen LogP contribution < -0.4 is 0 Å². The molecular weight excluding hydrogens is 104 g/mol. The predicted molar refractivity (Wildman–Crippen MR) is 30.6 cm³/mol. The van der Waals surface area contributed by atoms with Crippen molar-refractivity contribution in [3.05, 3.63) is 0 Å². The fraction of sp³-hybridized carbons (Fsp3) is 0.667. The van der Waals surface area contributed by atoms with Crippen LogP contribution in [0.4, 0.5) is 0 Å². The molecule has 0 amide bonds. The molecule has 1 rings (SSSR count). The molecule has 0 radical (unpaired) electrons. The van der Waals surface area contributed by atoms with Gasteiger partial charge in [0.05, 0.1) is 0 Å². The summed E-state index contributed by atoms with van der Waals surface area (Å²) in [6, 6.07) is 0. The van der Waals surface area contributed by atoms with E-state index in [1.165, 1.54) is 0 Å². The predicted octanol–water partition coefficient (Wildman–Crippen LogP) is 0.945. The second-order valence-electron chi connectivity index (χ2n) is 2.08. The van der Waals surface area contributed by atoms with Gasteiger partial charge < -0.3 is 0 Å². The lowest BCUT2D eigenvalue weighted by molar-refractivity contribution is -0.128. The van der Waals surface area contributed by atoms with Crippen LogP contribution in [-0.2, 0) is 9.59 Å². The third-order valence-electron chi connectivity index (χ3n) is 1.37. The quantitative estimate of drug-likeness (QED) is 0.469. The number of carbonyl (C=O) groups excluding carboxylic acids is 2. The highest BCUT2D eigenvalue weighted by atomic mass is 16.1. The third-order valence-corrected chi connectivity index (χ3v) is 1.37. The summed E-state index contributed by atoms with van der Waals surface area (Å²) < 4.78 is 0. The van der Waals surface area contributed by atoms with Crippen LogP contribution in [0.25, 0.3) is 0 Å². The van der Waals surface area contributed by atoms with E-state index < -0.39 is 0 Å². The van der Waals surface area contributed by atoms with Crippen LogP contribution in [0.15, 0.2) is 0 Å². The van der Waals surface area contributed by atoms with Crippen molar-refractivity contribution in [3.8, 4) is 0 Å². The second kappa shape index (κ2) is 2.07. The molecule has 0 heterocycles. The van der Waals surface area contributed by atoms with E-state index in [1.54, 1.807) is 0 Å². The Bertz CT molecular complexity index is 103. The minimum absolute atomic E-state index is 0. The first-order valence-electron chi connectivity index (χ1n) is 2.82. The molecule has 2 heteroatoms. The van der Waals surface area contributed by atoms with Crippen molar-refractivity contribution < 1.29 is 11.0 Å². The first kappa shape index (κ1) is 5.48. The molecule has 0 unspecified atom stereocenters. The largest absolute Gasteiger partial charge is 0.300 e. The van der Waals surface area contributed by atoms with Crippen molar-refractivity contribution in [2.45, 2.75) is 25.7 Å². The van der Waals surface area contributed by atoms with Gasteiger partial charge >= 0.3 is 0 Å². The Balaban J connectivity index is 0.000000640. The smallest absolute Gasteiger partial charge is 0.133 e. The van der Waals surface area contributed by atoms with E-state index in [0.29, 0.717) is 25.7 Å². The zero-order chi connectivity index (χ0) is 5.98. The van der Waals surface area contributed by atoms with Crippen molar-refractivity contribution in [1.82, 2.24) is 0 Å². The highest BCUT2D eigenvalue weighted by molar-refractivity contribution is 5.92. The van der Waals surface area contributed by atoms with E-state index in [2.05, 4.69) is 0 Å². The van der Waals surface area contributed by atoms with Crippen molar-refractivity contribution in [2.75, 3.05) is 0 Å². The molecule has 1 aliphatic rings. The second-order valence-corrected chi connectivity index (χ2v) is 2.08. The van der Waals surface area contributed by atoms with Gasteiger partial charge in [-0.25, -0.2) is 0 Å². The number of rotatable bonds is 0. The van der Waals surface area contributed by atoms with Crippen molar-refractivity contribution in [3.63, 3.8) is 0 Å². The van der Waals surface area contributed by atoms with E-state index in [-0.39, 0.29) is 13.0 Å². The maximum absolute atomic E-state index is 10.5. The molecule has 2 nitrogen and oxygen atoms in total. The molecule has 0 saturated heterocycles. The third kappa shape index (κ3) is 1.15. The summed E-state index contributed by atoms with van der Waals surface area (Å²) in [6.45, 7) is 0. The minimum Gasteiger partial charge on any atom is -0.300 e. The first-order valence-corrected chi connectivity index (χ1v) is 2.82. The van der Waals surface area contributed by atoms with Crippen molar-refractivity contribution in [2.24, 2.45) is 0 Å². The van der Waals surface area contributed by atoms with Crippen LogP contribution in [0, 0.1) is 0 Å². The average Bonchev–Trinajstić information content (AvgIpc) is 1.77. The molecule has 1 saturated carbocycles. The summed E-state index contributed by atoms with van der Waals surface area (Å²) in [5.41, 5.74) is 0. The molecule has 0 spiro atoms. The van der Waals surface area contributed by atoms with Crippen molar-refractivity contribution >= 4 is 11.6 Å². The Kier molecular flexibility index (Phi) is 1.42. The molecule has 0 aromatic carbocycles. The molecule has 0 aliphatic heterocycles. The van der Waals surface area contributed by atoms with Gasteiger partial charge in [0.2, 0.25) is 0 Å². The Labute approximate surface area is 49.4 Å². The van der Waals surface area contributed by atoms with Gasteiger partial charge in [-0.05, 0) is 0 Å². The fourth-order valence-electron chi connectivity index (χ4n) is 0.808. The summed E-state index contributed by atoms with van der Waals surface area (Å²) in [4.78, 5) is 20.9. The number of ketones is 2. The Morgan fingerprint density at radius 2 is 1.12 bits per heavy atom. The Hall–Kier alpha value is -0.660. The molecule has 46 valence electrons. The summed E-state index contributed by atoms with van der Waals surface area (Å²) >= 11 is 0. The Morgan fingerprint density at radius 3 is 1.38 bits per heavy atom. The van der Waals surface area contributed by atoms with Gasteiger partial charge in [-0.2, -0.15) is 0 Å². The Morgan fingerprint density at radius 1 is 0.875 bits per heavy atom. The van der Waals surface area contributed by atoms with Crippen LogP contribution in [0.1, 0.15) is 27.1 Å². The highest BCUT2D eigenvalue weighted by Gasteiger charge is 2.13. The van der Waals surface area contributed by atoms with E-state index in [9.17, 15) is 9.59 Å². The number of Topliss-reactive ketones (excluding diaryl/α,β-unsaturated/α-hetero) is 2. The van der Waals surface area contributed by atoms with E-state index in [0.717, 1.165) is 0 Å². The highest BCUT2D eigenvalue weighted by Crippen LogP contribution is 2.08. The number of hydrogen-bond donors (Lipinski definition) is 0. The molecule has 0 aromatic rings. The molecular formula is C6H10O2. The SMILES string of the molecule is O=C1CCC(=O)CC1.[HH]. The summed E-state index contributed by atoms with van der Waals surface area (Å²) in [7, 11) is 0. The van der Waals surface area contributed by atoms with Gasteiger partial charge in [0, 0.05) is 27.1 Å². The van der Waals surface area contributed by atoms with E-state index in [1.807, 2.05) is 0 Å². The monoisotopic (exact) mass is 114 g/mol. The molecule has 0 aromatic heterocycles. The zero-order valence-corrected chi connectivity index (χ0v) is 4.64.